The quantitative estimate of drug-likeness (QED) is 0.387. The van der Waals surface area contributed by atoms with Gasteiger partial charge >= 0.3 is 5.97 Å². The standard InChI is InChI=1S/C24H26N2O5/c1-13(2)21(26-22(28)17-7-5-6-8-18(17)23(26)29)24(30)31-12-20(27)19-11-14(3)25(15(19)4)16-9-10-16/h5-8,11,13,16,21H,9-10,12H2,1-4H3/t21-/m0/s1. The second-order valence-electron chi connectivity index (χ2n) is 8.63. The number of rotatable bonds is 7. The number of hydrogen-bond donors (Lipinski definition) is 0. The maximum absolute atomic E-state index is 12.9. The van der Waals surface area contributed by atoms with Crippen LogP contribution in [0.15, 0.2) is 30.3 Å². The molecule has 2 aliphatic rings. The van der Waals surface area contributed by atoms with E-state index in [4.69, 9.17) is 4.74 Å². The molecule has 1 aromatic carbocycles. The highest BCUT2D eigenvalue weighted by Crippen LogP contribution is 2.38. The Balaban J connectivity index is 1.49. The number of amides is 2. The highest BCUT2D eigenvalue weighted by atomic mass is 16.5. The van der Waals surface area contributed by atoms with Crippen molar-refractivity contribution in [3.05, 3.63) is 58.4 Å². The Morgan fingerprint density at radius 3 is 2.16 bits per heavy atom. The van der Waals surface area contributed by atoms with E-state index in [1.54, 1.807) is 38.1 Å². The second-order valence-corrected chi connectivity index (χ2v) is 8.63. The summed E-state index contributed by atoms with van der Waals surface area (Å²) in [5.74, 6) is -2.46. The molecule has 162 valence electrons. The molecule has 0 unspecified atom stereocenters. The van der Waals surface area contributed by atoms with Crippen LogP contribution in [-0.4, -0.2) is 45.7 Å². The van der Waals surface area contributed by atoms with Crippen LogP contribution in [0.1, 0.15) is 75.2 Å². The van der Waals surface area contributed by atoms with Crippen LogP contribution in [0, 0.1) is 19.8 Å². The van der Waals surface area contributed by atoms with Crippen LogP contribution in [0.2, 0.25) is 0 Å². The molecule has 1 atom stereocenters. The van der Waals surface area contributed by atoms with Crippen LogP contribution in [0.3, 0.4) is 0 Å². The molecule has 2 aromatic rings. The maximum atomic E-state index is 12.9. The molecule has 1 aliphatic heterocycles. The van der Waals surface area contributed by atoms with E-state index >= 15 is 0 Å². The number of aromatic nitrogens is 1. The van der Waals surface area contributed by atoms with Crippen molar-refractivity contribution in [2.24, 2.45) is 5.92 Å². The molecule has 1 aromatic heterocycles. The van der Waals surface area contributed by atoms with Crippen molar-refractivity contribution in [2.45, 2.75) is 52.6 Å². The van der Waals surface area contributed by atoms with Crippen LogP contribution in [0.25, 0.3) is 0 Å². The minimum absolute atomic E-state index is 0.273. The van der Waals surface area contributed by atoms with Crippen LogP contribution in [0.5, 0.6) is 0 Å². The van der Waals surface area contributed by atoms with Crippen LogP contribution >= 0.6 is 0 Å². The Morgan fingerprint density at radius 1 is 1.06 bits per heavy atom. The van der Waals surface area contributed by atoms with Gasteiger partial charge in [0, 0.05) is 23.0 Å². The van der Waals surface area contributed by atoms with E-state index in [1.807, 2.05) is 19.9 Å². The number of nitrogens with zero attached hydrogens (tertiary/aromatic N) is 2. The number of aryl methyl sites for hydroxylation is 1. The Hall–Kier alpha value is -3.22. The molecule has 1 saturated carbocycles. The molecule has 0 radical (unpaired) electrons. The van der Waals surface area contributed by atoms with E-state index in [1.165, 1.54) is 0 Å². The number of ketones is 1. The molecular weight excluding hydrogens is 396 g/mol. The first-order valence-corrected chi connectivity index (χ1v) is 10.6. The summed E-state index contributed by atoms with van der Waals surface area (Å²) in [6.45, 7) is 6.91. The fraction of sp³-hybridized carbons (Fsp3) is 0.417. The number of ether oxygens (including phenoxy) is 1. The van der Waals surface area contributed by atoms with Gasteiger partial charge in [-0.25, -0.2) is 4.79 Å². The molecule has 4 rings (SSSR count). The highest BCUT2D eigenvalue weighted by molar-refractivity contribution is 6.22. The molecule has 0 bridgehead atoms. The SMILES string of the molecule is Cc1cc(C(=O)COC(=O)[C@H](C(C)C)N2C(=O)c3ccccc3C2=O)c(C)n1C1CC1. The predicted molar refractivity (Wildman–Crippen MR) is 113 cm³/mol. The van der Waals surface area contributed by atoms with Crippen molar-refractivity contribution in [1.82, 2.24) is 9.47 Å². The van der Waals surface area contributed by atoms with Crippen molar-refractivity contribution >= 4 is 23.6 Å². The molecule has 2 heterocycles. The largest absolute Gasteiger partial charge is 0.456 e. The first-order valence-electron chi connectivity index (χ1n) is 10.6. The topological polar surface area (TPSA) is 85.7 Å². The molecule has 2 amide bonds. The summed E-state index contributed by atoms with van der Waals surface area (Å²) in [6, 6.07) is 7.66. The summed E-state index contributed by atoms with van der Waals surface area (Å²) in [5.41, 5.74) is 2.98. The van der Waals surface area contributed by atoms with Gasteiger partial charge in [-0.15, -0.1) is 0 Å². The van der Waals surface area contributed by atoms with E-state index in [0.29, 0.717) is 11.6 Å². The lowest BCUT2D eigenvalue weighted by Crippen LogP contribution is -2.49. The first-order chi connectivity index (χ1) is 14.7. The number of esters is 1. The molecule has 0 spiro atoms. The first kappa shape index (κ1) is 21.0. The van der Waals surface area contributed by atoms with Gasteiger partial charge in [0.15, 0.2) is 6.61 Å². The highest BCUT2D eigenvalue weighted by Gasteiger charge is 2.44. The van der Waals surface area contributed by atoms with Gasteiger partial charge in [-0.2, -0.15) is 0 Å². The Kier molecular flexibility index (Phi) is 5.29. The Bertz CT molecular complexity index is 1060. The lowest BCUT2D eigenvalue weighted by molar-refractivity contribution is -0.148. The van der Waals surface area contributed by atoms with Gasteiger partial charge in [-0.05, 0) is 50.8 Å². The van der Waals surface area contributed by atoms with Gasteiger partial charge in [-0.3, -0.25) is 19.3 Å². The fourth-order valence-electron chi connectivity index (χ4n) is 4.39. The monoisotopic (exact) mass is 422 g/mol. The summed E-state index contributed by atoms with van der Waals surface area (Å²) in [4.78, 5) is 52.2. The average molecular weight is 422 g/mol. The summed E-state index contributed by atoms with van der Waals surface area (Å²) >= 11 is 0. The van der Waals surface area contributed by atoms with Gasteiger partial charge in [0.25, 0.3) is 11.8 Å². The van der Waals surface area contributed by atoms with Gasteiger partial charge in [0.2, 0.25) is 5.78 Å². The number of carbonyl (C=O) groups is 4. The average Bonchev–Trinajstić information content (AvgIpc) is 3.48. The Labute approximate surface area is 181 Å². The summed E-state index contributed by atoms with van der Waals surface area (Å²) in [7, 11) is 0. The number of hydrogen-bond acceptors (Lipinski definition) is 5. The summed E-state index contributed by atoms with van der Waals surface area (Å²) in [6.07, 6.45) is 2.21. The van der Waals surface area contributed by atoms with E-state index in [-0.39, 0.29) is 22.8 Å². The lowest BCUT2D eigenvalue weighted by atomic mass is 10.0. The molecule has 7 nitrogen and oxygen atoms in total. The zero-order valence-electron chi connectivity index (χ0n) is 18.2. The fourth-order valence-corrected chi connectivity index (χ4v) is 4.39. The van der Waals surface area contributed by atoms with Gasteiger partial charge in [0.05, 0.1) is 11.1 Å². The van der Waals surface area contributed by atoms with Crippen LogP contribution < -0.4 is 0 Å². The third-order valence-electron chi connectivity index (χ3n) is 6.02. The number of Topliss-reactive ketones (excluding diaryl/α,β-unsaturated/α-hetero) is 1. The minimum atomic E-state index is -1.10. The third kappa shape index (κ3) is 3.58. The van der Waals surface area contributed by atoms with Crippen LogP contribution in [0.4, 0.5) is 0 Å². The van der Waals surface area contributed by atoms with Gasteiger partial charge in [0.1, 0.15) is 6.04 Å². The predicted octanol–water partition coefficient (Wildman–Crippen LogP) is 3.49. The number of fused-ring (bicyclic) bond motifs is 1. The summed E-state index contributed by atoms with van der Waals surface area (Å²) < 4.78 is 7.48. The van der Waals surface area contributed by atoms with Crippen molar-refractivity contribution in [1.29, 1.82) is 0 Å². The van der Waals surface area contributed by atoms with E-state index in [2.05, 4.69) is 4.57 Å². The molecule has 0 saturated heterocycles. The third-order valence-corrected chi connectivity index (χ3v) is 6.02. The number of carbonyl (C=O) groups excluding carboxylic acids is 4. The molecule has 1 fully saturated rings. The number of benzene rings is 1. The van der Waals surface area contributed by atoms with Gasteiger partial charge < -0.3 is 9.30 Å². The van der Waals surface area contributed by atoms with Crippen molar-refractivity contribution in [3.63, 3.8) is 0 Å². The van der Waals surface area contributed by atoms with E-state index < -0.39 is 30.4 Å². The van der Waals surface area contributed by atoms with E-state index in [0.717, 1.165) is 29.1 Å². The zero-order valence-corrected chi connectivity index (χ0v) is 18.2. The molecule has 0 N–H and O–H groups in total. The molecule has 31 heavy (non-hydrogen) atoms. The second kappa shape index (κ2) is 7.80. The minimum Gasteiger partial charge on any atom is -0.456 e. The van der Waals surface area contributed by atoms with Gasteiger partial charge in [-0.1, -0.05) is 26.0 Å². The summed E-state index contributed by atoms with van der Waals surface area (Å²) in [5, 5.41) is 0. The maximum Gasteiger partial charge on any atom is 0.330 e. The van der Waals surface area contributed by atoms with Crippen molar-refractivity contribution < 1.29 is 23.9 Å². The van der Waals surface area contributed by atoms with Crippen molar-refractivity contribution in [2.75, 3.05) is 6.61 Å². The van der Waals surface area contributed by atoms with E-state index in [9.17, 15) is 19.2 Å². The molecule has 7 heteroatoms. The molecule has 1 aliphatic carbocycles. The van der Waals surface area contributed by atoms with Crippen molar-refractivity contribution in [3.8, 4) is 0 Å². The normalized spacial score (nSPS) is 16.6. The Morgan fingerprint density at radius 2 is 1.65 bits per heavy atom. The smallest absolute Gasteiger partial charge is 0.330 e. The molecular formula is C24H26N2O5. The number of imide groups is 1. The lowest BCUT2D eigenvalue weighted by Gasteiger charge is -2.27. The van der Waals surface area contributed by atoms with Crippen LogP contribution in [-0.2, 0) is 9.53 Å². The zero-order chi connectivity index (χ0) is 22.4.